The molecule has 9 nitrogen and oxygen atoms in total. The van der Waals surface area contributed by atoms with Crippen molar-refractivity contribution in [2.24, 2.45) is 0 Å². The Balaban J connectivity index is 1.37. The van der Waals surface area contributed by atoms with Crippen molar-refractivity contribution >= 4 is 33.2 Å². The second-order valence-corrected chi connectivity index (χ2v) is 12.1. The summed E-state index contributed by atoms with van der Waals surface area (Å²) in [6.45, 7) is 15.2. The van der Waals surface area contributed by atoms with E-state index in [1.165, 1.54) is 6.33 Å². The van der Waals surface area contributed by atoms with E-state index in [4.69, 9.17) is 18.1 Å². The summed E-state index contributed by atoms with van der Waals surface area (Å²) in [6, 6.07) is 43.8. The molecule has 0 N–H and O–H groups in total. The smallest absolute Gasteiger partial charge is 0.189 e. The lowest BCUT2D eigenvalue weighted by Gasteiger charge is -2.14. The van der Waals surface area contributed by atoms with E-state index in [2.05, 4.69) is 54.6 Å². The van der Waals surface area contributed by atoms with Crippen LogP contribution in [0.1, 0.15) is 16.7 Å². The highest BCUT2D eigenvalue weighted by molar-refractivity contribution is 6.12. The monoisotopic (exact) mass is 675 g/mol. The first-order valence-corrected chi connectivity index (χ1v) is 16.2. The Morgan fingerprint density at radius 3 is 1.58 bits per heavy atom. The van der Waals surface area contributed by atoms with Crippen LogP contribution in [0.5, 0.6) is 0 Å². The molecule has 8 rings (SSSR count). The number of nitrogens with zero attached hydrogens (tertiary/aromatic N) is 9. The summed E-state index contributed by atoms with van der Waals surface area (Å²) in [7, 11) is 0. The lowest BCUT2D eigenvalue weighted by atomic mass is 9.98. The largest absolute Gasteiger partial charge is 0.309 e. The van der Waals surface area contributed by atoms with Gasteiger partial charge in [0.1, 0.15) is 6.33 Å². The van der Waals surface area contributed by atoms with Gasteiger partial charge < -0.3 is 4.57 Å². The fourth-order valence-corrected chi connectivity index (χ4v) is 6.57. The van der Waals surface area contributed by atoms with Crippen LogP contribution in [0.25, 0.3) is 82.2 Å². The van der Waals surface area contributed by atoms with Crippen LogP contribution in [0, 0.1) is 47.1 Å². The number of nitriles is 3. The van der Waals surface area contributed by atoms with Gasteiger partial charge in [-0.15, -0.1) is 0 Å². The van der Waals surface area contributed by atoms with Crippen LogP contribution in [0.15, 0.2) is 128 Å². The van der Waals surface area contributed by atoms with Gasteiger partial charge in [0.25, 0.3) is 0 Å². The van der Waals surface area contributed by atoms with Gasteiger partial charge in [-0.25, -0.2) is 24.6 Å². The third-order valence-electron chi connectivity index (χ3n) is 9.01. The van der Waals surface area contributed by atoms with Crippen LogP contribution < -0.4 is 0 Å². The lowest BCUT2D eigenvalue weighted by molar-refractivity contribution is 1.06. The predicted octanol–water partition coefficient (Wildman–Crippen LogP) is 10.4. The molecule has 0 aliphatic rings. The molecule has 0 saturated heterocycles. The molecule has 9 heteroatoms. The number of para-hydroxylation sites is 1. The van der Waals surface area contributed by atoms with Crippen molar-refractivity contribution in [3.05, 3.63) is 167 Å². The zero-order valence-corrected chi connectivity index (χ0v) is 27.6. The minimum atomic E-state index is 0.378. The molecule has 0 aliphatic heterocycles. The Kier molecular flexibility index (Phi) is 7.88. The van der Waals surface area contributed by atoms with Crippen LogP contribution in [0.2, 0.25) is 0 Å². The fourth-order valence-electron chi connectivity index (χ4n) is 6.57. The minimum absolute atomic E-state index is 0.378. The van der Waals surface area contributed by atoms with Crippen molar-refractivity contribution in [1.29, 1.82) is 15.8 Å². The Bertz CT molecular complexity index is 2810. The van der Waals surface area contributed by atoms with Gasteiger partial charge in [-0.05, 0) is 119 Å². The van der Waals surface area contributed by atoms with Crippen LogP contribution >= 0.6 is 0 Å². The minimum Gasteiger partial charge on any atom is -0.309 e. The zero-order chi connectivity index (χ0) is 36.5. The molecule has 0 amide bonds. The molecule has 2 heterocycles. The summed E-state index contributed by atoms with van der Waals surface area (Å²) in [5, 5.41) is 30.5. The van der Waals surface area contributed by atoms with Gasteiger partial charge in [-0.3, -0.25) is 0 Å². The molecule has 8 aromatic rings. The Morgan fingerprint density at radius 1 is 0.509 bits per heavy atom. The lowest BCUT2D eigenvalue weighted by Crippen LogP contribution is -2.01. The molecule has 0 fully saturated rings. The molecule has 0 saturated carbocycles. The molecular weight excluding hydrogens is 655 g/mol. The van der Waals surface area contributed by atoms with Crippen molar-refractivity contribution in [3.8, 4) is 68.9 Å². The molecule has 0 radical (unpaired) electrons. The first-order chi connectivity index (χ1) is 26.0. The number of aromatic nitrogens is 4. The maximum Gasteiger partial charge on any atom is 0.189 e. The highest BCUT2D eigenvalue weighted by atomic mass is 15.0. The van der Waals surface area contributed by atoms with E-state index in [-0.39, 0.29) is 0 Å². The summed E-state index contributed by atoms with van der Waals surface area (Å²) in [5.41, 5.74) is 9.41. The molecule has 2 aromatic heterocycles. The number of hydrogen-bond donors (Lipinski definition) is 0. The first-order valence-electron chi connectivity index (χ1n) is 16.2. The number of rotatable bonds is 5. The van der Waals surface area contributed by atoms with Crippen molar-refractivity contribution in [3.63, 3.8) is 0 Å². The third kappa shape index (κ3) is 5.74. The Hall–Kier alpha value is -8.42. The van der Waals surface area contributed by atoms with Gasteiger partial charge in [0.15, 0.2) is 23.0 Å². The van der Waals surface area contributed by atoms with E-state index in [9.17, 15) is 15.8 Å². The second-order valence-electron chi connectivity index (χ2n) is 12.1. The van der Waals surface area contributed by atoms with E-state index in [0.717, 1.165) is 60.9 Å². The summed E-state index contributed by atoms with van der Waals surface area (Å²) in [5.74, 6) is 0.945. The summed E-state index contributed by atoms with van der Waals surface area (Å²) in [4.78, 5) is 21.0. The highest BCUT2D eigenvalue weighted by Crippen LogP contribution is 2.40. The molecule has 6 aromatic carbocycles. The fraction of sp³-hybridized carbons (Fsp3) is 0. The van der Waals surface area contributed by atoms with E-state index in [1.807, 2.05) is 60.7 Å². The molecule has 0 unspecified atom stereocenters. The highest BCUT2D eigenvalue weighted by Gasteiger charge is 2.19. The SMILES string of the molecule is [C-]#[N+]c1cc(C#N)cc(-c2ccc3c(c2)c2cc(-c4cc(C#N)cc([N+]#[C-])c4)ccc2n3-c2ccccc2-c2ncnc(-c3ccc(C#N)cc3)n2)c1. The molecule has 0 atom stereocenters. The van der Waals surface area contributed by atoms with Crippen LogP contribution in [-0.2, 0) is 0 Å². The average molecular weight is 676 g/mol. The van der Waals surface area contributed by atoms with Gasteiger partial charge in [0.05, 0.1) is 53.6 Å². The van der Waals surface area contributed by atoms with Crippen LogP contribution in [0.3, 0.4) is 0 Å². The van der Waals surface area contributed by atoms with Gasteiger partial charge >= 0.3 is 0 Å². The summed E-state index contributed by atoms with van der Waals surface area (Å²) >= 11 is 0. The number of hydrogen-bond acceptors (Lipinski definition) is 6. The van der Waals surface area contributed by atoms with Crippen LogP contribution in [0.4, 0.5) is 11.4 Å². The Morgan fingerprint density at radius 2 is 1.04 bits per heavy atom. The predicted molar refractivity (Wildman–Crippen MR) is 203 cm³/mol. The number of benzene rings is 6. The standard InChI is InChI=1S/C44H21N9/c1-48-35-17-28(24-46)15-33(19-35)31-11-13-41-38(21-31)39-22-32(34-16-29(25-47)18-36(20-34)49-2)12-14-42(39)53(41)40-6-4-3-5-37(40)44-51-26-50-43(52-44)30-9-7-27(23-45)8-10-30/h3-22,26H. The first kappa shape index (κ1) is 31.8. The summed E-state index contributed by atoms with van der Waals surface area (Å²) < 4.78 is 2.16. The quantitative estimate of drug-likeness (QED) is 0.167. The van der Waals surface area contributed by atoms with Gasteiger partial charge in [0, 0.05) is 33.0 Å². The topological polar surface area (TPSA) is 124 Å². The van der Waals surface area contributed by atoms with Crippen molar-refractivity contribution in [2.75, 3.05) is 0 Å². The van der Waals surface area contributed by atoms with Crippen LogP contribution in [-0.4, -0.2) is 19.5 Å². The average Bonchev–Trinajstić information content (AvgIpc) is 3.56. The normalized spacial score (nSPS) is 10.5. The molecule has 53 heavy (non-hydrogen) atoms. The van der Waals surface area contributed by atoms with Crippen molar-refractivity contribution in [1.82, 2.24) is 19.5 Å². The third-order valence-corrected chi connectivity index (χ3v) is 9.01. The number of fused-ring (bicyclic) bond motifs is 3. The molecule has 0 aliphatic carbocycles. The van der Waals surface area contributed by atoms with E-state index in [0.29, 0.717) is 39.7 Å². The van der Waals surface area contributed by atoms with E-state index >= 15 is 0 Å². The molecular formula is C44H21N9. The molecule has 242 valence electrons. The maximum atomic E-state index is 9.69. The Labute approximate surface area is 303 Å². The van der Waals surface area contributed by atoms with E-state index < -0.39 is 0 Å². The van der Waals surface area contributed by atoms with Gasteiger partial charge in [0.2, 0.25) is 0 Å². The van der Waals surface area contributed by atoms with Gasteiger partial charge in [-0.2, -0.15) is 15.8 Å². The van der Waals surface area contributed by atoms with E-state index in [1.54, 1.807) is 48.5 Å². The van der Waals surface area contributed by atoms with Gasteiger partial charge in [-0.1, -0.05) is 24.3 Å². The summed E-state index contributed by atoms with van der Waals surface area (Å²) in [6.07, 6.45) is 1.48. The molecule has 0 bridgehead atoms. The zero-order valence-electron chi connectivity index (χ0n) is 27.6. The second kappa shape index (κ2) is 13.1. The maximum absolute atomic E-state index is 9.69. The molecule has 0 spiro atoms. The van der Waals surface area contributed by atoms with Crippen molar-refractivity contribution in [2.45, 2.75) is 0 Å². The van der Waals surface area contributed by atoms with Crippen molar-refractivity contribution < 1.29 is 0 Å².